The van der Waals surface area contributed by atoms with E-state index >= 15 is 0 Å². The van der Waals surface area contributed by atoms with Crippen LogP contribution in [0.5, 0.6) is 0 Å². The summed E-state index contributed by atoms with van der Waals surface area (Å²) < 4.78 is 40.3. The van der Waals surface area contributed by atoms with Crippen LogP contribution >= 0.6 is 23.2 Å². The number of nitrogens with one attached hydrogen (secondary N) is 1. The van der Waals surface area contributed by atoms with E-state index in [1.54, 1.807) is 0 Å². The Morgan fingerprint density at radius 2 is 1.76 bits per heavy atom. The van der Waals surface area contributed by atoms with E-state index in [9.17, 15) is 27.9 Å². The molecule has 150 valence electrons. The molecule has 0 spiro atoms. The third-order valence-corrected chi connectivity index (χ3v) is 4.46. The van der Waals surface area contributed by atoms with Crippen molar-refractivity contribution >= 4 is 57.7 Å². The number of aromatic nitrogens is 1. The Bertz CT molecular complexity index is 1130. The summed E-state index contributed by atoms with van der Waals surface area (Å²) in [5.41, 5.74) is -0.497. The number of rotatable bonds is 4. The maximum absolute atomic E-state index is 13.4. The molecular weight excluding hydrogens is 432 g/mol. The molecule has 0 bridgehead atoms. The minimum absolute atomic E-state index is 0.0438. The Balaban J connectivity index is 2.09. The molecule has 0 radical (unpaired) electrons. The topological polar surface area (TPSA) is 73.4 Å². The Labute approximate surface area is 171 Å². The first kappa shape index (κ1) is 20.8. The van der Waals surface area contributed by atoms with Crippen LogP contribution < -0.4 is 4.90 Å². The molecular formula is C19H11Cl2F3N2O3. The van der Waals surface area contributed by atoms with Crippen LogP contribution in [0.15, 0.2) is 48.5 Å². The second kappa shape index (κ2) is 7.81. The van der Waals surface area contributed by atoms with Gasteiger partial charge in [0.15, 0.2) is 0 Å². The number of amides is 1. The van der Waals surface area contributed by atoms with Crippen LogP contribution in [0.2, 0.25) is 10.0 Å². The highest BCUT2D eigenvalue weighted by molar-refractivity contribution is 6.39. The number of carbonyl (C=O) groups is 2. The summed E-state index contributed by atoms with van der Waals surface area (Å²) in [4.78, 5) is 26.1. The number of hydrogen-bond acceptors (Lipinski definition) is 2. The van der Waals surface area contributed by atoms with Crippen LogP contribution in [0.25, 0.3) is 17.0 Å². The lowest BCUT2D eigenvalue weighted by atomic mass is 10.1. The van der Waals surface area contributed by atoms with Gasteiger partial charge in [-0.2, -0.15) is 0 Å². The summed E-state index contributed by atoms with van der Waals surface area (Å²) in [6.45, 7) is 0. The molecule has 0 saturated heterocycles. The number of alkyl halides is 3. The van der Waals surface area contributed by atoms with E-state index in [4.69, 9.17) is 23.2 Å². The smallest absolute Gasteiger partial charge is 0.477 e. The predicted octanol–water partition coefficient (Wildman–Crippen LogP) is 5.74. The zero-order valence-corrected chi connectivity index (χ0v) is 15.8. The number of aromatic amines is 1. The number of anilines is 1. The van der Waals surface area contributed by atoms with Gasteiger partial charge < -0.3 is 10.1 Å². The van der Waals surface area contributed by atoms with Gasteiger partial charge in [-0.3, -0.25) is 4.79 Å². The fraction of sp³-hybridized carbons (Fsp3) is 0.0526. The van der Waals surface area contributed by atoms with E-state index < -0.39 is 18.2 Å². The molecule has 3 aromatic rings. The summed E-state index contributed by atoms with van der Waals surface area (Å²) in [6, 6.07) is 9.26. The fourth-order valence-corrected chi connectivity index (χ4v) is 3.41. The average Bonchev–Trinajstić information content (AvgIpc) is 2.98. The first-order valence-corrected chi connectivity index (χ1v) is 8.73. The SMILES string of the molecule is O=C(O)c1[nH]c2cc(Cl)cc(Cl)c2c1C=CC(=O)N(c1ccccc1)C(F)(F)F. The molecule has 1 aromatic heterocycles. The molecule has 0 aliphatic heterocycles. The summed E-state index contributed by atoms with van der Waals surface area (Å²) in [7, 11) is 0. The number of aromatic carboxylic acids is 1. The number of nitrogens with zero attached hydrogens (tertiary/aromatic N) is 1. The minimum atomic E-state index is -4.98. The van der Waals surface area contributed by atoms with Crippen LogP contribution in [0.3, 0.4) is 0 Å². The second-order valence-corrected chi connectivity index (χ2v) is 6.68. The molecule has 0 fully saturated rings. The van der Waals surface area contributed by atoms with Gasteiger partial charge in [-0.1, -0.05) is 41.4 Å². The normalized spacial score (nSPS) is 11.9. The molecule has 1 amide bonds. The second-order valence-electron chi connectivity index (χ2n) is 5.84. The maximum Gasteiger partial charge on any atom is 0.491 e. The molecule has 5 nitrogen and oxygen atoms in total. The van der Waals surface area contributed by atoms with Crippen molar-refractivity contribution in [2.24, 2.45) is 0 Å². The lowest BCUT2D eigenvalue weighted by Gasteiger charge is -2.23. The van der Waals surface area contributed by atoms with E-state index in [0.29, 0.717) is 6.08 Å². The minimum Gasteiger partial charge on any atom is -0.477 e. The molecule has 0 atom stereocenters. The van der Waals surface area contributed by atoms with E-state index in [0.717, 1.165) is 18.2 Å². The molecule has 0 aliphatic rings. The van der Waals surface area contributed by atoms with Gasteiger partial charge in [0.2, 0.25) is 0 Å². The van der Waals surface area contributed by atoms with Crippen molar-refractivity contribution < 1.29 is 27.9 Å². The van der Waals surface area contributed by atoms with E-state index in [1.807, 2.05) is 0 Å². The van der Waals surface area contributed by atoms with E-state index in [2.05, 4.69) is 4.98 Å². The highest BCUT2D eigenvalue weighted by Gasteiger charge is 2.41. The summed E-state index contributed by atoms with van der Waals surface area (Å²) in [5, 5.41) is 9.93. The van der Waals surface area contributed by atoms with Crippen molar-refractivity contribution in [3.63, 3.8) is 0 Å². The van der Waals surface area contributed by atoms with E-state index in [-0.39, 0.29) is 42.8 Å². The number of para-hydroxylation sites is 1. The first-order chi connectivity index (χ1) is 13.6. The van der Waals surface area contributed by atoms with E-state index in [1.165, 1.54) is 30.3 Å². The lowest BCUT2D eigenvalue weighted by molar-refractivity contribution is -0.146. The van der Waals surface area contributed by atoms with Crippen molar-refractivity contribution in [1.82, 2.24) is 4.98 Å². The highest BCUT2D eigenvalue weighted by atomic mass is 35.5. The molecule has 1 heterocycles. The quantitative estimate of drug-likeness (QED) is 0.399. The van der Waals surface area contributed by atoms with Crippen LogP contribution in [0, 0.1) is 0 Å². The molecule has 0 unspecified atom stereocenters. The molecule has 3 rings (SSSR count). The van der Waals surface area contributed by atoms with Gasteiger partial charge in [-0.15, -0.1) is 13.2 Å². The van der Waals surface area contributed by atoms with Gasteiger partial charge in [-0.05, 0) is 30.3 Å². The first-order valence-electron chi connectivity index (χ1n) is 7.97. The van der Waals surface area contributed by atoms with Gasteiger partial charge in [-0.25, -0.2) is 9.69 Å². The van der Waals surface area contributed by atoms with Crippen molar-refractivity contribution in [2.45, 2.75) is 6.30 Å². The monoisotopic (exact) mass is 442 g/mol. The number of halogens is 5. The van der Waals surface area contributed by atoms with Crippen LogP contribution in [0.1, 0.15) is 16.1 Å². The molecule has 0 aliphatic carbocycles. The number of carbonyl (C=O) groups excluding carboxylic acids is 1. The van der Waals surface area contributed by atoms with Gasteiger partial charge in [0.25, 0.3) is 5.91 Å². The third kappa shape index (κ3) is 4.23. The Kier molecular flexibility index (Phi) is 5.59. The number of benzene rings is 2. The average molecular weight is 443 g/mol. The molecule has 2 N–H and O–H groups in total. The van der Waals surface area contributed by atoms with Gasteiger partial charge in [0.05, 0.1) is 10.7 Å². The summed E-state index contributed by atoms with van der Waals surface area (Å²) in [6.07, 6.45) is -3.36. The Morgan fingerprint density at radius 1 is 1.10 bits per heavy atom. The maximum atomic E-state index is 13.4. The van der Waals surface area contributed by atoms with Gasteiger partial charge in [0, 0.05) is 27.6 Å². The predicted molar refractivity (Wildman–Crippen MR) is 104 cm³/mol. The van der Waals surface area contributed by atoms with Crippen LogP contribution in [-0.4, -0.2) is 28.3 Å². The number of carboxylic acid groups (broad SMARTS) is 1. The molecule has 29 heavy (non-hydrogen) atoms. The van der Waals surface area contributed by atoms with Crippen LogP contribution in [0.4, 0.5) is 18.9 Å². The fourth-order valence-electron chi connectivity index (χ4n) is 2.81. The summed E-state index contributed by atoms with van der Waals surface area (Å²) in [5.74, 6) is -2.78. The van der Waals surface area contributed by atoms with Gasteiger partial charge >= 0.3 is 12.3 Å². The molecule has 2 aromatic carbocycles. The zero-order chi connectivity index (χ0) is 21.3. The molecule has 0 saturated carbocycles. The van der Waals surface area contributed by atoms with Crippen molar-refractivity contribution in [3.8, 4) is 0 Å². The zero-order valence-electron chi connectivity index (χ0n) is 14.3. The number of fused-ring (bicyclic) bond motifs is 1. The highest BCUT2D eigenvalue weighted by Crippen LogP contribution is 2.34. The lowest BCUT2D eigenvalue weighted by Crippen LogP contribution is -2.42. The number of carboxylic acids is 1. The largest absolute Gasteiger partial charge is 0.491 e. The van der Waals surface area contributed by atoms with Crippen LogP contribution in [-0.2, 0) is 4.79 Å². The summed E-state index contributed by atoms with van der Waals surface area (Å²) >= 11 is 12.0. The third-order valence-electron chi connectivity index (χ3n) is 3.95. The van der Waals surface area contributed by atoms with Crippen molar-refractivity contribution in [3.05, 3.63) is 69.8 Å². The number of H-pyrrole nitrogens is 1. The number of hydrogen-bond donors (Lipinski definition) is 2. The van der Waals surface area contributed by atoms with Gasteiger partial charge in [0.1, 0.15) is 5.69 Å². The van der Waals surface area contributed by atoms with Crippen molar-refractivity contribution in [2.75, 3.05) is 4.90 Å². The molecule has 10 heteroatoms. The van der Waals surface area contributed by atoms with Crippen molar-refractivity contribution in [1.29, 1.82) is 0 Å². The Hall–Kier alpha value is -2.97. The Morgan fingerprint density at radius 3 is 2.34 bits per heavy atom. The standard InChI is InChI=1S/C19H11Cl2F3N2O3/c20-10-8-13(21)16-12(17(18(28)29)25-14(16)9-10)6-7-15(27)26(19(22,23)24)11-4-2-1-3-5-11/h1-9,25H,(H,28,29).